The van der Waals surface area contributed by atoms with Gasteiger partial charge < -0.3 is 14.2 Å². The fourth-order valence-electron chi connectivity index (χ4n) is 2.54. The van der Waals surface area contributed by atoms with Crippen LogP contribution < -0.4 is 19.5 Å². The van der Waals surface area contributed by atoms with Gasteiger partial charge in [0, 0.05) is 0 Å². The maximum Gasteiger partial charge on any atom is 0.284 e. The van der Waals surface area contributed by atoms with Crippen molar-refractivity contribution in [2.45, 2.75) is 4.90 Å². The molecule has 28 heavy (non-hydrogen) atoms. The molecule has 2 aromatic carbocycles. The second-order valence-electron chi connectivity index (χ2n) is 5.72. The van der Waals surface area contributed by atoms with Crippen molar-refractivity contribution < 1.29 is 27.4 Å². The van der Waals surface area contributed by atoms with E-state index in [1.165, 1.54) is 31.4 Å². The maximum absolute atomic E-state index is 12.4. The number of nitrogens with one attached hydrogen (secondary N) is 1. The molecule has 2 aliphatic heterocycles. The maximum atomic E-state index is 12.4. The fourth-order valence-corrected chi connectivity index (χ4v) is 4.52. The number of hydrogen-bond donors (Lipinski definition) is 1. The average molecular weight is 418 g/mol. The van der Waals surface area contributed by atoms with E-state index in [1.807, 2.05) is 0 Å². The van der Waals surface area contributed by atoms with Crippen molar-refractivity contribution in [1.82, 2.24) is 5.32 Å². The summed E-state index contributed by atoms with van der Waals surface area (Å²) in [6, 6.07) is 11.1. The molecule has 0 unspecified atom stereocenters. The molecular weight excluding hydrogens is 404 g/mol. The number of methoxy groups -OCH3 is 1. The Kier molecular flexibility index (Phi) is 4.73. The minimum Gasteiger partial charge on any atom is -0.497 e. The number of sulfonamides is 1. The van der Waals surface area contributed by atoms with Crippen LogP contribution in [0.4, 0.5) is 0 Å². The Balaban J connectivity index is 1.56. The highest BCUT2D eigenvalue weighted by molar-refractivity contribution is 8.19. The van der Waals surface area contributed by atoms with E-state index in [1.54, 1.807) is 24.3 Å². The molecule has 0 bridgehead atoms. The highest BCUT2D eigenvalue weighted by Gasteiger charge is 2.27. The summed E-state index contributed by atoms with van der Waals surface area (Å²) in [5.74, 6) is 1.34. The Morgan fingerprint density at radius 1 is 1.14 bits per heavy atom. The van der Waals surface area contributed by atoms with E-state index < -0.39 is 15.9 Å². The molecule has 0 spiro atoms. The number of hydrogen-bond acceptors (Lipinski definition) is 7. The quantitative estimate of drug-likeness (QED) is 0.761. The molecule has 0 radical (unpaired) electrons. The van der Waals surface area contributed by atoms with E-state index in [4.69, 9.17) is 14.2 Å². The molecule has 0 aromatic heterocycles. The van der Waals surface area contributed by atoms with Gasteiger partial charge >= 0.3 is 0 Å². The summed E-state index contributed by atoms with van der Waals surface area (Å²) in [6.07, 6.45) is 1.63. The number of benzene rings is 2. The predicted octanol–water partition coefficient (Wildman–Crippen LogP) is 2.37. The van der Waals surface area contributed by atoms with Gasteiger partial charge in [0.2, 0.25) is 6.79 Å². The molecule has 8 nitrogen and oxygen atoms in total. The SMILES string of the molecule is COc1ccc(S(=O)(=O)N=C2NC(=O)/C(=C/c3ccc4c(c3)OCO4)S2)cc1. The first-order chi connectivity index (χ1) is 13.4. The van der Waals surface area contributed by atoms with E-state index in [-0.39, 0.29) is 16.9 Å². The largest absolute Gasteiger partial charge is 0.497 e. The number of amides is 1. The van der Waals surface area contributed by atoms with Crippen LogP contribution in [-0.2, 0) is 14.8 Å². The Morgan fingerprint density at radius 3 is 2.64 bits per heavy atom. The number of rotatable bonds is 4. The number of thioether (sulfide) groups is 1. The highest BCUT2D eigenvalue weighted by atomic mass is 32.2. The van der Waals surface area contributed by atoms with Crippen LogP contribution in [0, 0.1) is 0 Å². The van der Waals surface area contributed by atoms with Gasteiger partial charge in [0.05, 0.1) is 16.9 Å². The van der Waals surface area contributed by atoms with Crippen molar-refractivity contribution in [2.75, 3.05) is 13.9 Å². The smallest absolute Gasteiger partial charge is 0.284 e. The second kappa shape index (κ2) is 7.21. The van der Waals surface area contributed by atoms with Gasteiger partial charge in [-0.1, -0.05) is 6.07 Å². The summed E-state index contributed by atoms with van der Waals surface area (Å²) in [7, 11) is -2.47. The second-order valence-corrected chi connectivity index (χ2v) is 8.36. The van der Waals surface area contributed by atoms with E-state index in [9.17, 15) is 13.2 Å². The Labute approximate surface area is 165 Å². The van der Waals surface area contributed by atoms with Crippen molar-refractivity contribution in [3.8, 4) is 17.2 Å². The molecule has 2 aliphatic rings. The van der Waals surface area contributed by atoms with E-state index >= 15 is 0 Å². The van der Waals surface area contributed by atoms with Crippen molar-refractivity contribution in [1.29, 1.82) is 0 Å². The monoisotopic (exact) mass is 418 g/mol. The number of ether oxygens (including phenoxy) is 3. The third-order valence-electron chi connectivity index (χ3n) is 3.91. The van der Waals surface area contributed by atoms with E-state index in [2.05, 4.69) is 9.71 Å². The summed E-state index contributed by atoms with van der Waals surface area (Å²) in [6.45, 7) is 0.157. The van der Waals surface area contributed by atoms with Gasteiger partial charge in [-0.2, -0.15) is 8.42 Å². The van der Waals surface area contributed by atoms with Crippen LogP contribution in [0.15, 0.2) is 56.7 Å². The topological polar surface area (TPSA) is 103 Å². The van der Waals surface area contributed by atoms with Crippen LogP contribution in [0.5, 0.6) is 17.2 Å². The zero-order valence-electron chi connectivity index (χ0n) is 14.5. The Hall–Kier alpha value is -2.98. The number of carbonyl (C=O) groups excluding carboxylic acids is 1. The zero-order chi connectivity index (χ0) is 19.7. The molecule has 1 saturated heterocycles. The van der Waals surface area contributed by atoms with Crippen LogP contribution >= 0.6 is 11.8 Å². The van der Waals surface area contributed by atoms with Crippen molar-refractivity contribution in [3.63, 3.8) is 0 Å². The summed E-state index contributed by atoms with van der Waals surface area (Å²) in [5.41, 5.74) is 0.723. The minimum atomic E-state index is -3.96. The molecule has 0 aliphatic carbocycles. The summed E-state index contributed by atoms with van der Waals surface area (Å²) >= 11 is 0.951. The van der Waals surface area contributed by atoms with Crippen molar-refractivity contribution >= 4 is 38.9 Å². The molecule has 1 N–H and O–H groups in total. The molecule has 10 heteroatoms. The lowest BCUT2D eigenvalue weighted by Gasteiger charge is -2.02. The van der Waals surface area contributed by atoms with Crippen LogP contribution in [0.3, 0.4) is 0 Å². The van der Waals surface area contributed by atoms with Gasteiger partial charge in [-0.15, -0.1) is 4.40 Å². The molecular formula is C18H14N2O6S2. The first kappa shape index (κ1) is 18.4. The van der Waals surface area contributed by atoms with Crippen LogP contribution in [0.25, 0.3) is 6.08 Å². The van der Waals surface area contributed by atoms with Gasteiger partial charge in [-0.05, 0) is 59.8 Å². The average Bonchev–Trinajstić information content (AvgIpc) is 3.27. The number of nitrogens with zero attached hydrogens (tertiary/aromatic N) is 1. The summed E-state index contributed by atoms with van der Waals surface area (Å²) in [4.78, 5) is 12.5. The third-order valence-corrected chi connectivity index (χ3v) is 6.22. The summed E-state index contributed by atoms with van der Waals surface area (Å²) in [5, 5.41) is 2.46. The van der Waals surface area contributed by atoms with Gasteiger partial charge in [-0.25, -0.2) is 0 Å². The molecule has 2 aromatic rings. The number of carbonyl (C=O) groups is 1. The summed E-state index contributed by atoms with van der Waals surface area (Å²) < 4.78 is 44.2. The van der Waals surface area contributed by atoms with Crippen molar-refractivity contribution in [2.24, 2.45) is 4.40 Å². The van der Waals surface area contributed by atoms with Crippen LogP contribution in [-0.4, -0.2) is 33.4 Å². The molecule has 1 amide bonds. The van der Waals surface area contributed by atoms with Gasteiger partial charge in [-0.3, -0.25) is 10.1 Å². The normalized spacial score (nSPS) is 18.5. The number of fused-ring (bicyclic) bond motifs is 1. The van der Waals surface area contributed by atoms with Gasteiger partial charge in [0.15, 0.2) is 16.7 Å². The lowest BCUT2D eigenvalue weighted by atomic mass is 10.2. The first-order valence-corrected chi connectivity index (χ1v) is 10.3. The Bertz CT molecular complexity index is 1110. The zero-order valence-corrected chi connectivity index (χ0v) is 16.2. The molecule has 0 saturated carbocycles. The lowest BCUT2D eigenvalue weighted by Crippen LogP contribution is -2.20. The van der Waals surface area contributed by atoms with Crippen molar-refractivity contribution in [3.05, 3.63) is 52.9 Å². The standard InChI is InChI=1S/C18H14N2O6S2/c1-24-12-3-5-13(6-4-12)28(22,23)20-18-19-17(21)16(27-18)9-11-2-7-14-15(8-11)26-10-25-14/h2-9H,10H2,1H3,(H,19,20,21)/b16-9-. The molecule has 2 heterocycles. The molecule has 1 fully saturated rings. The van der Waals surface area contributed by atoms with E-state index in [0.717, 1.165) is 17.3 Å². The third kappa shape index (κ3) is 3.69. The van der Waals surface area contributed by atoms with Crippen LogP contribution in [0.2, 0.25) is 0 Å². The first-order valence-electron chi connectivity index (χ1n) is 8.04. The molecule has 4 rings (SSSR count). The predicted molar refractivity (Wildman–Crippen MR) is 104 cm³/mol. The molecule has 144 valence electrons. The molecule has 0 atom stereocenters. The highest BCUT2D eigenvalue weighted by Crippen LogP contribution is 2.34. The Morgan fingerprint density at radius 2 is 1.89 bits per heavy atom. The minimum absolute atomic E-state index is 0.00356. The lowest BCUT2D eigenvalue weighted by molar-refractivity contribution is -0.115. The van der Waals surface area contributed by atoms with Crippen LogP contribution in [0.1, 0.15) is 5.56 Å². The van der Waals surface area contributed by atoms with Gasteiger partial charge in [0.1, 0.15) is 5.75 Å². The van der Waals surface area contributed by atoms with Gasteiger partial charge in [0.25, 0.3) is 15.9 Å². The number of amidine groups is 1. The fraction of sp³-hybridized carbons (Fsp3) is 0.111. The van der Waals surface area contributed by atoms with E-state index in [0.29, 0.717) is 22.2 Å².